The highest BCUT2D eigenvalue weighted by molar-refractivity contribution is 6.55. The van der Waals surface area contributed by atoms with E-state index >= 15 is 0 Å². The van der Waals surface area contributed by atoms with Crippen LogP contribution in [0.4, 0.5) is 0 Å². The monoisotopic (exact) mass is 430 g/mol. The van der Waals surface area contributed by atoms with Gasteiger partial charge in [0.15, 0.2) is 0 Å². The Balaban J connectivity index is 2.10. The Morgan fingerprint density at radius 3 is 1.77 bits per heavy atom. The van der Waals surface area contributed by atoms with E-state index in [1.54, 1.807) is 30.3 Å². The average molecular weight is 432 g/mol. The number of carboxylic acid groups (broad SMARTS) is 1. The zero-order chi connectivity index (χ0) is 19.2. The van der Waals surface area contributed by atoms with Crippen LogP contribution >= 0.6 is 46.4 Å². The Morgan fingerprint density at radius 2 is 1.35 bits per heavy atom. The van der Waals surface area contributed by atoms with Gasteiger partial charge < -0.3 is 9.90 Å². The molecule has 9 heteroatoms. The van der Waals surface area contributed by atoms with Gasteiger partial charge in [-0.15, -0.1) is 0 Å². The van der Waals surface area contributed by atoms with Crippen molar-refractivity contribution in [1.82, 2.24) is 4.90 Å². The molecule has 0 radical (unpaired) electrons. The maximum atomic E-state index is 12.7. The molecule has 3 rings (SSSR count). The number of carbonyl (C=O) groups excluding carboxylic acids is 3. The maximum absolute atomic E-state index is 12.7. The largest absolute Gasteiger partial charge is 0.548 e. The minimum atomic E-state index is -1.59. The number of hydrogen-bond acceptors (Lipinski definition) is 4. The molecule has 0 aromatic heterocycles. The van der Waals surface area contributed by atoms with Crippen LogP contribution in [-0.2, 0) is 11.2 Å². The molecule has 1 heterocycles. The van der Waals surface area contributed by atoms with Crippen LogP contribution in [-0.4, -0.2) is 28.7 Å². The lowest BCUT2D eigenvalue weighted by atomic mass is 10.0. The highest BCUT2D eigenvalue weighted by atomic mass is 35.5. The first-order chi connectivity index (χ1) is 12.3. The third kappa shape index (κ3) is 2.95. The summed E-state index contributed by atoms with van der Waals surface area (Å²) in [5, 5.41) is 10.8. The molecule has 2 aromatic carbocycles. The van der Waals surface area contributed by atoms with Crippen molar-refractivity contribution in [3.8, 4) is 0 Å². The molecule has 0 unspecified atom stereocenters. The molecule has 0 N–H and O–H groups in total. The number of halogens is 4. The molecule has 1 aliphatic heterocycles. The Morgan fingerprint density at radius 1 is 0.885 bits per heavy atom. The fourth-order valence-electron chi connectivity index (χ4n) is 2.77. The van der Waals surface area contributed by atoms with Crippen LogP contribution in [0.15, 0.2) is 30.3 Å². The summed E-state index contributed by atoms with van der Waals surface area (Å²) in [5.74, 6) is -3.42. The Kier molecular flexibility index (Phi) is 5.17. The van der Waals surface area contributed by atoms with Crippen molar-refractivity contribution in [2.75, 3.05) is 0 Å². The van der Waals surface area contributed by atoms with Crippen LogP contribution in [0.3, 0.4) is 0 Å². The number of nitrogens with zero attached hydrogens (tertiary/aromatic N) is 1. The summed E-state index contributed by atoms with van der Waals surface area (Å²) in [6, 6.07) is 6.95. The Labute approximate surface area is 168 Å². The first kappa shape index (κ1) is 19.0. The molecule has 0 fully saturated rings. The number of fused-ring (bicyclic) bond motifs is 1. The normalized spacial score (nSPS) is 14.5. The summed E-state index contributed by atoms with van der Waals surface area (Å²) in [7, 11) is 0. The SMILES string of the molecule is O=C([O-])[C@@H](Cc1ccccc1)N1C(=O)c2c(Cl)c(Cl)c(Cl)c(Cl)c2C1=O. The quantitative estimate of drug-likeness (QED) is 0.423. The highest BCUT2D eigenvalue weighted by Gasteiger charge is 2.45. The van der Waals surface area contributed by atoms with Gasteiger partial charge in [0.25, 0.3) is 11.8 Å². The van der Waals surface area contributed by atoms with Crippen molar-refractivity contribution >= 4 is 64.2 Å². The van der Waals surface area contributed by atoms with Gasteiger partial charge in [-0.1, -0.05) is 76.7 Å². The van der Waals surface area contributed by atoms with Crippen LogP contribution in [0.5, 0.6) is 0 Å². The second-order valence-electron chi connectivity index (χ2n) is 5.51. The number of carboxylic acids is 1. The minimum absolute atomic E-state index is 0.134. The highest BCUT2D eigenvalue weighted by Crippen LogP contribution is 2.45. The van der Waals surface area contributed by atoms with Gasteiger partial charge in [-0.3, -0.25) is 14.5 Å². The zero-order valence-electron chi connectivity index (χ0n) is 12.8. The molecule has 0 aliphatic carbocycles. The van der Waals surface area contributed by atoms with Gasteiger partial charge in [0.2, 0.25) is 0 Å². The smallest absolute Gasteiger partial charge is 0.263 e. The standard InChI is InChI=1S/C17H9Cl4NO4/c18-11-9-10(12(19)14(21)13(11)20)16(24)22(15(9)23)8(17(25)26)6-7-4-2-1-3-5-7/h1-5,8H,6H2,(H,25,26)/p-1/t8-/m1/s1. The van der Waals surface area contributed by atoms with Gasteiger partial charge in [-0.25, -0.2) is 0 Å². The molecular weight excluding hydrogens is 424 g/mol. The average Bonchev–Trinajstić information content (AvgIpc) is 2.87. The third-order valence-corrected chi connectivity index (χ3v) is 5.79. The first-order valence-corrected chi connectivity index (χ1v) is 8.75. The number of rotatable bonds is 4. The lowest BCUT2D eigenvalue weighted by molar-refractivity contribution is -0.310. The molecule has 26 heavy (non-hydrogen) atoms. The van der Waals surface area contributed by atoms with E-state index in [2.05, 4.69) is 0 Å². The van der Waals surface area contributed by atoms with Crippen molar-refractivity contribution in [2.45, 2.75) is 12.5 Å². The molecular formula is C17H8Cl4NO4-. The third-order valence-electron chi connectivity index (χ3n) is 3.99. The number of amides is 2. The summed E-state index contributed by atoms with van der Waals surface area (Å²) in [5.41, 5.74) is 0.0669. The van der Waals surface area contributed by atoms with E-state index in [0.717, 1.165) is 0 Å². The van der Waals surface area contributed by atoms with Crippen molar-refractivity contribution < 1.29 is 19.5 Å². The van der Waals surface area contributed by atoms with E-state index in [1.807, 2.05) is 0 Å². The first-order valence-electron chi connectivity index (χ1n) is 7.24. The Hall–Kier alpha value is -1.79. The lowest BCUT2D eigenvalue weighted by Crippen LogP contribution is -2.51. The molecule has 0 bridgehead atoms. The fraction of sp³-hybridized carbons (Fsp3) is 0.118. The predicted octanol–water partition coefficient (Wildman–Crippen LogP) is 3.26. The van der Waals surface area contributed by atoms with Crippen molar-refractivity contribution in [2.24, 2.45) is 0 Å². The second-order valence-corrected chi connectivity index (χ2v) is 7.02. The summed E-state index contributed by atoms with van der Waals surface area (Å²) in [4.78, 5) is 37.7. The van der Waals surface area contributed by atoms with Gasteiger partial charge in [0.05, 0.1) is 43.2 Å². The van der Waals surface area contributed by atoms with E-state index in [0.29, 0.717) is 10.5 Å². The number of carbonyl (C=O) groups is 3. The van der Waals surface area contributed by atoms with E-state index < -0.39 is 23.8 Å². The maximum Gasteiger partial charge on any atom is 0.263 e. The topological polar surface area (TPSA) is 77.5 Å². The van der Waals surface area contributed by atoms with Crippen molar-refractivity contribution in [3.63, 3.8) is 0 Å². The van der Waals surface area contributed by atoms with Crippen molar-refractivity contribution in [1.29, 1.82) is 0 Å². The molecule has 2 amide bonds. The predicted molar refractivity (Wildman–Crippen MR) is 95.9 cm³/mol. The lowest BCUT2D eigenvalue weighted by Gasteiger charge is -2.27. The van der Waals surface area contributed by atoms with Crippen LogP contribution in [0.25, 0.3) is 0 Å². The van der Waals surface area contributed by atoms with Crippen LogP contribution in [0, 0.1) is 0 Å². The molecule has 1 aliphatic rings. The summed E-state index contributed by atoms with van der Waals surface area (Å²) in [6.45, 7) is 0. The molecule has 2 aromatic rings. The summed E-state index contributed by atoms with van der Waals surface area (Å²) >= 11 is 24.0. The van der Waals surface area contributed by atoms with E-state index in [4.69, 9.17) is 46.4 Å². The number of benzene rings is 2. The van der Waals surface area contributed by atoms with Crippen molar-refractivity contribution in [3.05, 3.63) is 67.1 Å². The van der Waals surface area contributed by atoms with E-state index in [1.165, 1.54) is 0 Å². The summed E-state index contributed by atoms with van der Waals surface area (Å²) in [6.07, 6.45) is -0.134. The fourth-order valence-corrected chi connectivity index (χ4v) is 3.78. The van der Waals surface area contributed by atoms with Gasteiger partial charge in [0, 0.05) is 0 Å². The molecule has 5 nitrogen and oxygen atoms in total. The molecule has 0 spiro atoms. The number of imide groups is 1. The molecule has 1 atom stereocenters. The number of aliphatic carboxylic acids is 1. The minimum Gasteiger partial charge on any atom is -0.548 e. The zero-order valence-corrected chi connectivity index (χ0v) is 15.8. The number of hydrogen-bond donors (Lipinski definition) is 0. The molecule has 134 valence electrons. The van der Waals surface area contributed by atoms with Gasteiger partial charge >= 0.3 is 0 Å². The van der Waals surface area contributed by atoms with Gasteiger partial charge in [-0.05, 0) is 12.0 Å². The second kappa shape index (κ2) is 7.08. The Bertz CT molecular complexity index is 899. The molecule has 0 saturated heterocycles. The van der Waals surface area contributed by atoms with Gasteiger partial charge in [0.1, 0.15) is 0 Å². The molecule has 0 saturated carbocycles. The van der Waals surface area contributed by atoms with Crippen LogP contribution < -0.4 is 5.11 Å². The van der Waals surface area contributed by atoms with E-state index in [9.17, 15) is 19.5 Å². The van der Waals surface area contributed by atoms with Crippen LogP contribution in [0.2, 0.25) is 20.1 Å². The van der Waals surface area contributed by atoms with E-state index in [-0.39, 0.29) is 37.6 Å². The van der Waals surface area contributed by atoms with Crippen LogP contribution in [0.1, 0.15) is 26.3 Å². The summed E-state index contributed by atoms with van der Waals surface area (Å²) < 4.78 is 0. The van der Waals surface area contributed by atoms with Gasteiger partial charge in [-0.2, -0.15) is 0 Å².